The summed E-state index contributed by atoms with van der Waals surface area (Å²) in [5.41, 5.74) is 5.35. The van der Waals surface area contributed by atoms with E-state index >= 15 is 0 Å². The monoisotopic (exact) mass is 228 g/mol. The average Bonchev–Trinajstić information content (AvgIpc) is 2.26. The molecule has 3 nitrogen and oxygen atoms in total. The Morgan fingerprint density at radius 3 is 1.88 bits per heavy atom. The summed E-state index contributed by atoms with van der Waals surface area (Å²) >= 11 is 0. The highest BCUT2D eigenvalue weighted by Gasteiger charge is 2.01. The van der Waals surface area contributed by atoms with E-state index in [1.165, 1.54) is 44.9 Å². The summed E-state index contributed by atoms with van der Waals surface area (Å²) in [5.74, 6) is -1.13. The molecule has 0 spiro atoms. The van der Waals surface area contributed by atoms with Crippen LogP contribution in [0.2, 0.25) is 0 Å². The molecule has 0 aromatic heterocycles. The Bertz CT molecular complexity index is 171. The third-order valence-corrected chi connectivity index (χ3v) is 2.92. The predicted molar refractivity (Wildman–Crippen MR) is 64.8 cm³/mol. The van der Waals surface area contributed by atoms with Gasteiger partial charge in [0.2, 0.25) is 0 Å². The maximum Gasteiger partial charge on any atom is 0.0582 e. The van der Waals surface area contributed by atoms with Gasteiger partial charge in [-0.1, -0.05) is 64.7 Å². The first-order valence-corrected chi connectivity index (χ1v) is 6.65. The van der Waals surface area contributed by atoms with E-state index in [1.807, 2.05) is 0 Å². The van der Waals surface area contributed by atoms with Crippen molar-refractivity contribution in [3.05, 3.63) is 0 Å². The molecule has 0 heterocycles. The Morgan fingerprint density at radius 2 is 1.44 bits per heavy atom. The summed E-state index contributed by atoms with van der Waals surface area (Å²) in [6.45, 7) is 2.22. The second kappa shape index (κ2) is 10.9. The van der Waals surface area contributed by atoms with Crippen LogP contribution in [0.3, 0.4) is 0 Å². The first-order chi connectivity index (χ1) is 7.68. The summed E-state index contributed by atoms with van der Waals surface area (Å²) in [5, 5.41) is 10.3. The second-order valence-electron chi connectivity index (χ2n) is 4.54. The molecular formula is C13H26NO2-. The van der Waals surface area contributed by atoms with Crippen LogP contribution in [0.25, 0.3) is 0 Å². The minimum Gasteiger partial charge on any atom is -0.548 e. The Kier molecular flexibility index (Phi) is 10.5. The van der Waals surface area contributed by atoms with Crippen molar-refractivity contribution in [1.82, 2.24) is 0 Å². The van der Waals surface area contributed by atoms with Crippen LogP contribution in [0.1, 0.15) is 71.1 Å². The fourth-order valence-electron chi connectivity index (χ4n) is 1.79. The third-order valence-electron chi connectivity index (χ3n) is 2.92. The fourth-order valence-corrected chi connectivity index (χ4v) is 1.79. The average molecular weight is 228 g/mol. The molecule has 0 bridgehead atoms. The molecule has 96 valence electrons. The van der Waals surface area contributed by atoms with Crippen molar-refractivity contribution in [3.63, 3.8) is 0 Å². The van der Waals surface area contributed by atoms with Crippen LogP contribution in [0.15, 0.2) is 0 Å². The summed E-state index contributed by atoms with van der Waals surface area (Å²) in [6.07, 6.45) is 11.7. The lowest BCUT2D eigenvalue weighted by molar-refractivity contribution is -0.307. The number of hydrogen-bond acceptors (Lipinski definition) is 3. The molecule has 16 heavy (non-hydrogen) atoms. The molecule has 0 aliphatic rings. The van der Waals surface area contributed by atoms with Crippen molar-refractivity contribution in [2.75, 3.05) is 0 Å². The van der Waals surface area contributed by atoms with Gasteiger partial charge in [0.05, 0.1) is 5.97 Å². The lowest BCUT2D eigenvalue weighted by Gasteiger charge is -2.11. The Balaban J connectivity index is 3.07. The molecular weight excluding hydrogens is 202 g/mol. The zero-order valence-corrected chi connectivity index (χ0v) is 10.5. The standard InChI is InChI=1S/C13H27NO2/c1-2-3-4-5-6-7-8-9-10-11-12(14)13(15)16/h12H,2-11,14H2,1H3,(H,15,16)/p-1/t12-/m0/s1. The first kappa shape index (κ1) is 15.4. The van der Waals surface area contributed by atoms with Crippen molar-refractivity contribution in [2.45, 2.75) is 77.2 Å². The number of carbonyl (C=O) groups is 1. The summed E-state index contributed by atoms with van der Waals surface area (Å²) in [7, 11) is 0. The molecule has 2 N–H and O–H groups in total. The van der Waals surface area contributed by atoms with Crippen LogP contribution in [0, 0.1) is 0 Å². The van der Waals surface area contributed by atoms with E-state index in [-0.39, 0.29) is 0 Å². The molecule has 0 saturated heterocycles. The molecule has 0 rings (SSSR count). The normalized spacial score (nSPS) is 12.6. The van der Waals surface area contributed by atoms with E-state index in [4.69, 9.17) is 5.73 Å². The number of aliphatic carboxylic acids is 1. The smallest absolute Gasteiger partial charge is 0.0582 e. The van der Waals surface area contributed by atoms with Crippen LogP contribution in [-0.2, 0) is 4.79 Å². The molecule has 0 aliphatic heterocycles. The van der Waals surface area contributed by atoms with Gasteiger partial charge in [-0.05, 0) is 6.42 Å². The zero-order chi connectivity index (χ0) is 12.2. The van der Waals surface area contributed by atoms with Gasteiger partial charge >= 0.3 is 0 Å². The number of rotatable bonds is 11. The van der Waals surface area contributed by atoms with Crippen molar-refractivity contribution in [1.29, 1.82) is 0 Å². The number of carbonyl (C=O) groups excluding carboxylic acids is 1. The highest BCUT2D eigenvalue weighted by Crippen LogP contribution is 2.10. The molecule has 0 amide bonds. The maximum atomic E-state index is 10.3. The number of unbranched alkanes of at least 4 members (excludes halogenated alkanes) is 8. The van der Waals surface area contributed by atoms with Crippen molar-refractivity contribution >= 4 is 5.97 Å². The lowest BCUT2D eigenvalue weighted by Crippen LogP contribution is -2.41. The van der Waals surface area contributed by atoms with Crippen LogP contribution in [-0.4, -0.2) is 12.0 Å². The summed E-state index contributed by atoms with van der Waals surface area (Å²) < 4.78 is 0. The van der Waals surface area contributed by atoms with Gasteiger partial charge in [0.25, 0.3) is 0 Å². The minimum absolute atomic E-state index is 0.554. The predicted octanol–water partition coefficient (Wildman–Crippen LogP) is 1.98. The summed E-state index contributed by atoms with van der Waals surface area (Å²) in [6, 6.07) is -0.774. The molecule has 0 saturated carbocycles. The van der Waals surface area contributed by atoms with Crippen molar-refractivity contribution in [3.8, 4) is 0 Å². The topological polar surface area (TPSA) is 66.2 Å². The van der Waals surface area contributed by atoms with Crippen LogP contribution < -0.4 is 10.8 Å². The van der Waals surface area contributed by atoms with E-state index in [0.29, 0.717) is 6.42 Å². The van der Waals surface area contributed by atoms with Gasteiger partial charge in [0.15, 0.2) is 0 Å². The number of hydrogen-bond donors (Lipinski definition) is 1. The number of nitrogens with two attached hydrogens (primary N) is 1. The quantitative estimate of drug-likeness (QED) is 0.550. The Hall–Kier alpha value is -0.570. The molecule has 1 atom stereocenters. The third kappa shape index (κ3) is 9.97. The van der Waals surface area contributed by atoms with Gasteiger partial charge in [-0.3, -0.25) is 0 Å². The van der Waals surface area contributed by atoms with Crippen molar-refractivity contribution < 1.29 is 9.90 Å². The lowest BCUT2D eigenvalue weighted by atomic mass is 10.0. The summed E-state index contributed by atoms with van der Waals surface area (Å²) in [4.78, 5) is 10.3. The molecule has 0 aromatic rings. The van der Waals surface area contributed by atoms with Crippen LogP contribution in [0.5, 0.6) is 0 Å². The molecule has 3 heteroatoms. The van der Waals surface area contributed by atoms with Gasteiger partial charge in [0.1, 0.15) is 0 Å². The number of carboxylic acid groups (broad SMARTS) is 1. The minimum atomic E-state index is -1.13. The SMILES string of the molecule is CCCCCCCCCCC[C@H](N)C(=O)[O-]. The highest BCUT2D eigenvalue weighted by molar-refractivity contribution is 5.70. The molecule has 0 radical (unpaired) electrons. The number of carboxylic acids is 1. The zero-order valence-electron chi connectivity index (χ0n) is 10.5. The maximum absolute atomic E-state index is 10.3. The molecule has 0 fully saturated rings. The molecule has 0 aromatic carbocycles. The first-order valence-electron chi connectivity index (χ1n) is 6.65. The van der Waals surface area contributed by atoms with Gasteiger partial charge in [-0.2, -0.15) is 0 Å². The van der Waals surface area contributed by atoms with E-state index < -0.39 is 12.0 Å². The van der Waals surface area contributed by atoms with Gasteiger partial charge in [0, 0.05) is 6.04 Å². The second-order valence-corrected chi connectivity index (χ2v) is 4.54. The van der Waals surface area contributed by atoms with E-state index in [0.717, 1.165) is 12.8 Å². The van der Waals surface area contributed by atoms with E-state index in [1.54, 1.807) is 0 Å². The van der Waals surface area contributed by atoms with Gasteiger partial charge in [-0.25, -0.2) is 0 Å². The fraction of sp³-hybridized carbons (Fsp3) is 0.923. The molecule has 0 unspecified atom stereocenters. The van der Waals surface area contributed by atoms with Crippen molar-refractivity contribution in [2.24, 2.45) is 5.73 Å². The molecule has 0 aliphatic carbocycles. The van der Waals surface area contributed by atoms with Crippen LogP contribution in [0.4, 0.5) is 0 Å². The largest absolute Gasteiger partial charge is 0.548 e. The van der Waals surface area contributed by atoms with Crippen LogP contribution >= 0.6 is 0 Å². The van der Waals surface area contributed by atoms with Gasteiger partial charge < -0.3 is 15.6 Å². The van der Waals surface area contributed by atoms with E-state index in [2.05, 4.69) is 6.92 Å². The highest BCUT2D eigenvalue weighted by atomic mass is 16.4. The Morgan fingerprint density at radius 1 is 1.00 bits per heavy atom. The van der Waals surface area contributed by atoms with Gasteiger partial charge in [-0.15, -0.1) is 0 Å². The Labute approximate surface area is 99.4 Å². The van der Waals surface area contributed by atoms with E-state index in [9.17, 15) is 9.90 Å².